The van der Waals surface area contributed by atoms with Gasteiger partial charge in [-0.2, -0.15) is 4.37 Å². The second kappa shape index (κ2) is 6.52. The van der Waals surface area contributed by atoms with Crippen LogP contribution in [0.15, 0.2) is 33.8 Å². The molecule has 1 atom stereocenters. The average Bonchev–Trinajstić information content (AvgIpc) is 2.85. The molecule has 0 saturated heterocycles. The molecule has 0 spiro atoms. The highest BCUT2D eigenvalue weighted by Crippen LogP contribution is 2.33. The van der Waals surface area contributed by atoms with Crippen molar-refractivity contribution >= 4 is 34.9 Å². The lowest BCUT2D eigenvalue weighted by Crippen LogP contribution is -2.21. The second-order valence-corrected chi connectivity index (χ2v) is 6.44. The van der Waals surface area contributed by atoms with Crippen molar-refractivity contribution in [2.45, 2.75) is 35.0 Å². The Morgan fingerprint density at radius 2 is 2.33 bits per heavy atom. The molecule has 1 aromatic carbocycles. The predicted octanol–water partition coefficient (Wildman–Crippen LogP) is 3.62. The molecule has 3 nitrogen and oxygen atoms in total. The van der Waals surface area contributed by atoms with Crippen LogP contribution in [0.4, 0.5) is 0 Å². The van der Waals surface area contributed by atoms with Gasteiger partial charge in [0.1, 0.15) is 6.33 Å². The van der Waals surface area contributed by atoms with Crippen LogP contribution in [0.3, 0.4) is 0 Å². The minimum absolute atomic E-state index is 0.164. The number of rotatable bonds is 5. The minimum Gasteiger partial charge on any atom is -0.327 e. The van der Waals surface area contributed by atoms with Gasteiger partial charge in [0.25, 0.3) is 0 Å². The predicted molar refractivity (Wildman–Crippen MR) is 77.5 cm³/mol. The van der Waals surface area contributed by atoms with Crippen molar-refractivity contribution in [1.82, 2.24) is 9.36 Å². The summed E-state index contributed by atoms with van der Waals surface area (Å²) in [6.07, 6.45) is 3.36. The maximum Gasteiger partial charge on any atom is 0.174 e. The highest BCUT2D eigenvalue weighted by atomic mass is 35.5. The normalized spacial score (nSPS) is 12.6. The number of halogens is 1. The summed E-state index contributed by atoms with van der Waals surface area (Å²) in [5.41, 5.74) is 7.20. The molecule has 0 radical (unpaired) electrons. The van der Waals surface area contributed by atoms with E-state index in [4.69, 9.17) is 17.3 Å². The summed E-state index contributed by atoms with van der Waals surface area (Å²) in [6.45, 7) is 2.09. The van der Waals surface area contributed by atoms with Crippen LogP contribution >= 0.6 is 34.9 Å². The van der Waals surface area contributed by atoms with Crippen LogP contribution in [0, 0.1) is 0 Å². The molecule has 6 heteroatoms. The van der Waals surface area contributed by atoms with Gasteiger partial charge in [-0.05, 0) is 48.1 Å². The van der Waals surface area contributed by atoms with Gasteiger partial charge in [0.2, 0.25) is 0 Å². The molecule has 2 N–H and O–H groups in total. The summed E-state index contributed by atoms with van der Waals surface area (Å²) < 4.78 is 4.94. The van der Waals surface area contributed by atoms with Crippen LogP contribution in [0.5, 0.6) is 0 Å². The van der Waals surface area contributed by atoms with Crippen LogP contribution in [-0.4, -0.2) is 15.4 Å². The largest absolute Gasteiger partial charge is 0.327 e. The Labute approximate surface area is 120 Å². The molecule has 0 bridgehead atoms. The van der Waals surface area contributed by atoms with Crippen molar-refractivity contribution in [3.8, 4) is 0 Å². The third-order valence-electron chi connectivity index (χ3n) is 2.57. The Bertz CT molecular complexity index is 502. The lowest BCUT2D eigenvalue weighted by Gasteiger charge is -2.12. The zero-order chi connectivity index (χ0) is 13.0. The van der Waals surface area contributed by atoms with E-state index in [2.05, 4.69) is 16.3 Å². The maximum atomic E-state index is 6.05. The van der Waals surface area contributed by atoms with E-state index in [9.17, 15) is 0 Å². The summed E-state index contributed by atoms with van der Waals surface area (Å²) in [6, 6.07) is 6.07. The molecule has 96 valence electrons. The average molecular weight is 300 g/mol. The van der Waals surface area contributed by atoms with E-state index in [-0.39, 0.29) is 6.04 Å². The van der Waals surface area contributed by atoms with Crippen molar-refractivity contribution in [2.24, 2.45) is 5.73 Å². The first-order chi connectivity index (χ1) is 8.69. The van der Waals surface area contributed by atoms with Crippen LogP contribution in [0.2, 0.25) is 5.02 Å². The van der Waals surface area contributed by atoms with Crippen LogP contribution in [0.1, 0.15) is 18.9 Å². The Morgan fingerprint density at radius 3 is 3.00 bits per heavy atom. The lowest BCUT2D eigenvalue weighted by molar-refractivity contribution is 0.641. The topological polar surface area (TPSA) is 51.8 Å². The summed E-state index contributed by atoms with van der Waals surface area (Å²) >= 11 is 9.06. The Morgan fingerprint density at radius 1 is 1.50 bits per heavy atom. The molecule has 2 aromatic rings. The number of nitrogens with two attached hydrogens (primary N) is 1. The monoisotopic (exact) mass is 299 g/mol. The molecule has 0 saturated carbocycles. The summed E-state index contributed by atoms with van der Waals surface area (Å²) in [4.78, 5) is 5.33. The van der Waals surface area contributed by atoms with Crippen LogP contribution < -0.4 is 5.73 Å². The smallest absolute Gasteiger partial charge is 0.174 e. The van der Waals surface area contributed by atoms with E-state index in [1.807, 2.05) is 18.2 Å². The standard InChI is InChI=1S/C12H14ClN3S2/c1-2-10(14)6-8-5-9(13)3-4-11(8)17-12-15-7-16-18-12/h3-5,7,10H,2,6,14H2,1H3. The molecule has 0 aliphatic rings. The molecule has 0 amide bonds. The first-order valence-electron chi connectivity index (χ1n) is 5.67. The Hall–Kier alpha value is -0.620. The van der Waals surface area contributed by atoms with E-state index in [0.717, 1.165) is 27.1 Å². The fraction of sp³-hybridized carbons (Fsp3) is 0.333. The number of benzene rings is 1. The first kappa shape index (κ1) is 13.8. The highest BCUT2D eigenvalue weighted by molar-refractivity contribution is 8.01. The van der Waals surface area contributed by atoms with Crippen molar-refractivity contribution < 1.29 is 0 Å². The highest BCUT2D eigenvalue weighted by Gasteiger charge is 2.10. The van der Waals surface area contributed by atoms with E-state index >= 15 is 0 Å². The number of aromatic nitrogens is 2. The fourth-order valence-corrected chi connectivity index (χ4v) is 3.25. The van der Waals surface area contributed by atoms with E-state index in [0.29, 0.717) is 0 Å². The molecule has 1 aromatic heterocycles. The van der Waals surface area contributed by atoms with E-state index in [1.54, 1.807) is 18.1 Å². The maximum absolute atomic E-state index is 6.05. The van der Waals surface area contributed by atoms with Gasteiger partial charge in [-0.3, -0.25) is 0 Å². The molecule has 1 unspecified atom stereocenters. The van der Waals surface area contributed by atoms with E-state index in [1.165, 1.54) is 17.1 Å². The quantitative estimate of drug-likeness (QED) is 0.916. The van der Waals surface area contributed by atoms with Gasteiger partial charge in [0.05, 0.1) is 0 Å². The Balaban J connectivity index is 2.22. The van der Waals surface area contributed by atoms with Gasteiger partial charge in [0, 0.05) is 16.0 Å². The molecule has 0 aliphatic carbocycles. The third kappa shape index (κ3) is 3.68. The Kier molecular flexibility index (Phi) is 5.00. The van der Waals surface area contributed by atoms with Gasteiger partial charge in [-0.25, -0.2) is 4.98 Å². The van der Waals surface area contributed by atoms with Gasteiger partial charge >= 0.3 is 0 Å². The third-order valence-corrected chi connectivity index (χ3v) is 4.64. The molecular weight excluding hydrogens is 286 g/mol. The number of hydrogen-bond acceptors (Lipinski definition) is 5. The van der Waals surface area contributed by atoms with Gasteiger partial charge in [0.15, 0.2) is 4.34 Å². The number of nitrogens with zero attached hydrogens (tertiary/aromatic N) is 2. The SMILES string of the molecule is CCC(N)Cc1cc(Cl)ccc1Sc1ncns1. The summed E-state index contributed by atoms with van der Waals surface area (Å²) in [5.74, 6) is 0. The van der Waals surface area contributed by atoms with Gasteiger partial charge in [-0.1, -0.05) is 30.3 Å². The van der Waals surface area contributed by atoms with Gasteiger partial charge < -0.3 is 5.73 Å². The first-order valence-corrected chi connectivity index (χ1v) is 7.64. The van der Waals surface area contributed by atoms with Crippen molar-refractivity contribution in [1.29, 1.82) is 0 Å². The minimum atomic E-state index is 0.164. The van der Waals surface area contributed by atoms with Crippen molar-refractivity contribution in [2.75, 3.05) is 0 Å². The van der Waals surface area contributed by atoms with Crippen LogP contribution in [-0.2, 0) is 6.42 Å². The van der Waals surface area contributed by atoms with E-state index < -0.39 is 0 Å². The molecule has 2 rings (SSSR count). The zero-order valence-corrected chi connectivity index (χ0v) is 12.4. The van der Waals surface area contributed by atoms with Crippen molar-refractivity contribution in [3.63, 3.8) is 0 Å². The summed E-state index contributed by atoms with van der Waals surface area (Å²) in [7, 11) is 0. The lowest BCUT2D eigenvalue weighted by atomic mass is 10.0. The fourth-order valence-electron chi connectivity index (χ4n) is 1.54. The molecule has 0 fully saturated rings. The molecule has 18 heavy (non-hydrogen) atoms. The molecular formula is C12H14ClN3S2. The summed E-state index contributed by atoms with van der Waals surface area (Å²) in [5, 5.41) is 0.745. The molecule has 1 heterocycles. The molecule has 0 aliphatic heterocycles. The van der Waals surface area contributed by atoms with Crippen LogP contribution in [0.25, 0.3) is 0 Å². The van der Waals surface area contributed by atoms with Crippen molar-refractivity contribution in [3.05, 3.63) is 35.1 Å². The zero-order valence-electron chi connectivity index (χ0n) is 9.97. The second-order valence-electron chi connectivity index (χ2n) is 3.93. The van der Waals surface area contributed by atoms with Gasteiger partial charge in [-0.15, -0.1) is 0 Å². The number of hydrogen-bond donors (Lipinski definition) is 1.